The van der Waals surface area contributed by atoms with Crippen LogP contribution >= 0.6 is 12.6 Å². The molecule has 0 bridgehead atoms. The summed E-state index contributed by atoms with van der Waals surface area (Å²) >= 11 is 4.07. The van der Waals surface area contributed by atoms with Crippen molar-refractivity contribution in [3.8, 4) is 0 Å². The molecule has 1 aliphatic heterocycles. The standard InChI is InChI=1S/C13H19NO2S/c15-12(4-6-17)13(16)10-2-1-9-3-5-14-8-11(9)7-10/h1-2,7,12-17H,3-6,8H2. The normalized spacial score (nSPS) is 18.5. The van der Waals surface area contributed by atoms with Crippen molar-refractivity contribution in [1.29, 1.82) is 0 Å². The molecule has 0 spiro atoms. The Kier molecular flexibility index (Phi) is 4.45. The molecule has 3 N–H and O–H groups in total. The lowest BCUT2D eigenvalue weighted by Gasteiger charge is -2.22. The minimum Gasteiger partial charge on any atom is -0.390 e. The minimum absolute atomic E-state index is 0.500. The van der Waals surface area contributed by atoms with Crippen LogP contribution in [-0.4, -0.2) is 28.6 Å². The number of hydrogen-bond donors (Lipinski definition) is 4. The smallest absolute Gasteiger partial charge is 0.105 e. The third-order valence-corrected chi connectivity index (χ3v) is 3.51. The highest BCUT2D eigenvalue weighted by molar-refractivity contribution is 7.80. The lowest BCUT2D eigenvalue weighted by atomic mass is 9.94. The van der Waals surface area contributed by atoms with Gasteiger partial charge in [0.2, 0.25) is 0 Å². The first kappa shape index (κ1) is 12.9. The van der Waals surface area contributed by atoms with E-state index in [1.54, 1.807) is 0 Å². The first-order chi connectivity index (χ1) is 8.22. The molecule has 1 aromatic rings. The van der Waals surface area contributed by atoms with Gasteiger partial charge in [0.25, 0.3) is 0 Å². The molecule has 0 saturated heterocycles. The molecular weight excluding hydrogens is 234 g/mol. The summed E-state index contributed by atoms with van der Waals surface area (Å²) in [6, 6.07) is 5.96. The molecule has 2 unspecified atom stereocenters. The fourth-order valence-corrected chi connectivity index (χ4v) is 2.46. The van der Waals surface area contributed by atoms with Crippen LogP contribution in [0.2, 0.25) is 0 Å². The lowest BCUT2D eigenvalue weighted by Crippen LogP contribution is -2.24. The fourth-order valence-electron chi connectivity index (χ4n) is 2.20. The van der Waals surface area contributed by atoms with Crippen molar-refractivity contribution < 1.29 is 10.2 Å². The zero-order chi connectivity index (χ0) is 12.3. The van der Waals surface area contributed by atoms with Crippen molar-refractivity contribution in [2.24, 2.45) is 0 Å². The predicted molar refractivity (Wildman–Crippen MR) is 71.3 cm³/mol. The maximum absolute atomic E-state index is 10.0. The Morgan fingerprint density at radius 1 is 1.29 bits per heavy atom. The second kappa shape index (κ2) is 5.87. The highest BCUT2D eigenvalue weighted by Crippen LogP contribution is 2.23. The maximum Gasteiger partial charge on any atom is 0.105 e. The molecule has 94 valence electrons. The summed E-state index contributed by atoms with van der Waals surface area (Å²) in [5.74, 6) is 0.574. The van der Waals surface area contributed by atoms with Crippen LogP contribution in [0.15, 0.2) is 18.2 Å². The molecule has 0 fully saturated rings. The molecule has 0 saturated carbocycles. The SMILES string of the molecule is OC(CCS)C(O)c1ccc2c(c1)CNCC2. The van der Waals surface area contributed by atoms with E-state index in [4.69, 9.17) is 0 Å². The summed E-state index contributed by atoms with van der Waals surface area (Å²) < 4.78 is 0. The van der Waals surface area contributed by atoms with Gasteiger partial charge in [-0.05, 0) is 41.8 Å². The average molecular weight is 253 g/mol. The van der Waals surface area contributed by atoms with Gasteiger partial charge < -0.3 is 15.5 Å². The van der Waals surface area contributed by atoms with Gasteiger partial charge in [-0.15, -0.1) is 0 Å². The molecule has 17 heavy (non-hydrogen) atoms. The highest BCUT2D eigenvalue weighted by atomic mass is 32.1. The molecule has 1 heterocycles. The monoisotopic (exact) mass is 253 g/mol. The van der Waals surface area contributed by atoms with Crippen LogP contribution in [0.1, 0.15) is 29.2 Å². The van der Waals surface area contributed by atoms with Gasteiger partial charge in [0, 0.05) is 6.54 Å². The molecular formula is C13H19NO2S. The predicted octanol–water partition coefficient (Wildman–Crippen LogP) is 1.05. The fraction of sp³-hybridized carbons (Fsp3) is 0.538. The van der Waals surface area contributed by atoms with Crippen molar-refractivity contribution >= 4 is 12.6 Å². The van der Waals surface area contributed by atoms with E-state index in [-0.39, 0.29) is 0 Å². The summed E-state index contributed by atoms with van der Waals surface area (Å²) in [5, 5.41) is 23.1. The number of rotatable bonds is 4. The average Bonchev–Trinajstić information content (AvgIpc) is 2.37. The Morgan fingerprint density at radius 2 is 2.12 bits per heavy atom. The summed E-state index contributed by atoms with van der Waals surface area (Å²) in [6.07, 6.45) is -0.0127. The minimum atomic E-state index is -0.811. The van der Waals surface area contributed by atoms with Gasteiger partial charge in [-0.2, -0.15) is 12.6 Å². The number of fused-ring (bicyclic) bond motifs is 1. The first-order valence-electron chi connectivity index (χ1n) is 6.02. The molecule has 2 rings (SSSR count). The summed E-state index contributed by atoms with van der Waals surface area (Å²) in [5.41, 5.74) is 3.36. The molecule has 0 amide bonds. The van der Waals surface area contributed by atoms with Gasteiger partial charge in [0.05, 0.1) is 6.10 Å². The quantitative estimate of drug-likeness (QED) is 0.607. The van der Waals surface area contributed by atoms with Crippen molar-refractivity contribution in [2.45, 2.75) is 31.6 Å². The molecule has 1 aliphatic rings. The van der Waals surface area contributed by atoms with Crippen LogP contribution in [0, 0.1) is 0 Å². The van der Waals surface area contributed by atoms with Gasteiger partial charge >= 0.3 is 0 Å². The molecule has 2 atom stereocenters. The van der Waals surface area contributed by atoms with E-state index >= 15 is 0 Å². The van der Waals surface area contributed by atoms with E-state index in [0.717, 1.165) is 25.1 Å². The molecule has 0 radical (unpaired) electrons. The Hall–Kier alpha value is -0.550. The first-order valence-corrected chi connectivity index (χ1v) is 6.65. The van der Waals surface area contributed by atoms with Crippen molar-refractivity contribution in [2.75, 3.05) is 12.3 Å². The van der Waals surface area contributed by atoms with Gasteiger partial charge in [-0.3, -0.25) is 0 Å². The Bertz CT molecular complexity index is 384. The molecule has 0 aromatic heterocycles. The number of hydrogen-bond acceptors (Lipinski definition) is 4. The van der Waals surface area contributed by atoms with Crippen LogP contribution in [0.5, 0.6) is 0 Å². The van der Waals surface area contributed by atoms with Gasteiger partial charge in [0.1, 0.15) is 6.10 Å². The number of thiol groups is 1. The van der Waals surface area contributed by atoms with Crippen molar-refractivity contribution in [3.63, 3.8) is 0 Å². The van der Waals surface area contributed by atoms with E-state index in [0.29, 0.717) is 12.2 Å². The summed E-state index contributed by atoms with van der Waals surface area (Å²) in [7, 11) is 0. The molecule has 1 aromatic carbocycles. The second-order valence-electron chi connectivity index (χ2n) is 4.48. The maximum atomic E-state index is 10.0. The topological polar surface area (TPSA) is 52.5 Å². The van der Waals surface area contributed by atoms with Crippen LogP contribution in [0.3, 0.4) is 0 Å². The van der Waals surface area contributed by atoms with Crippen LogP contribution < -0.4 is 5.32 Å². The largest absolute Gasteiger partial charge is 0.390 e. The number of benzene rings is 1. The molecule has 3 nitrogen and oxygen atoms in total. The zero-order valence-electron chi connectivity index (χ0n) is 9.76. The Morgan fingerprint density at radius 3 is 2.88 bits per heavy atom. The van der Waals surface area contributed by atoms with E-state index in [2.05, 4.69) is 24.0 Å². The van der Waals surface area contributed by atoms with Crippen LogP contribution in [0.4, 0.5) is 0 Å². The van der Waals surface area contributed by atoms with E-state index in [1.165, 1.54) is 11.1 Å². The summed E-state index contributed by atoms with van der Waals surface area (Å²) in [4.78, 5) is 0. The second-order valence-corrected chi connectivity index (χ2v) is 4.93. The highest BCUT2D eigenvalue weighted by Gasteiger charge is 2.19. The molecule has 4 heteroatoms. The summed E-state index contributed by atoms with van der Waals surface area (Å²) in [6.45, 7) is 1.86. The van der Waals surface area contributed by atoms with E-state index in [1.807, 2.05) is 12.1 Å². The van der Waals surface area contributed by atoms with Crippen molar-refractivity contribution in [3.05, 3.63) is 34.9 Å². The Balaban J connectivity index is 2.15. The zero-order valence-corrected chi connectivity index (χ0v) is 10.7. The van der Waals surface area contributed by atoms with Gasteiger partial charge in [0.15, 0.2) is 0 Å². The number of aliphatic hydroxyl groups is 2. The number of aliphatic hydroxyl groups excluding tert-OH is 2. The lowest BCUT2D eigenvalue weighted by molar-refractivity contribution is 0.0172. The van der Waals surface area contributed by atoms with Crippen LogP contribution in [0.25, 0.3) is 0 Å². The van der Waals surface area contributed by atoms with Crippen molar-refractivity contribution in [1.82, 2.24) is 5.32 Å². The van der Waals surface area contributed by atoms with Crippen LogP contribution in [-0.2, 0) is 13.0 Å². The van der Waals surface area contributed by atoms with E-state index in [9.17, 15) is 10.2 Å². The Labute approximate surface area is 107 Å². The van der Waals surface area contributed by atoms with Gasteiger partial charge in [-0.25, -0.2) is 0 Å². The van der Waals surface area contributed by atoms with E-state index < -0.39 is 12.2 Å². The molecule has 0 aliphatic carbocycles. The third kappa shape index (κ3) is 3.01. The number of nitrogens with one attached hydrogen (secondary N) is 1. The van der Waals surface area contributed by atoms with Gasteiger partial charge in [-0.1, -0.05) is 18.2 Å². The third-order valence-electron chi connectivity index (χ3n) is 3.25.